The van der Waals surface area contributed by atoms with Crippen molar-refractivity contribution in [3.05, 3.63) is 34.6 Å². The van der Waals surface area contributed by atoms with E-state index in [9.17, 15) is 9.50 Å². The fourth-order valence-electron chi connectivity index (χ4n) is 6.25. The zero-order chi connectivity index (χ0) is 16.4. The van der Waals surface area contributed by atoms with Crippen LogP contribution >= 0.6 is 0 Å². The fourth-order valence-corrected chi connectivity index (χ4v) is 6.25. The highest BCUT2D eigenvalue weighted by molar-refractivity contribution is 5.44. The van der Waals surface area contributed by atoms with E-state index in [4.69, 9.17) is 5.26 Å². The summed E-state index contributed by atoms with van der Waals surface area (Å²) in [4.78, 5) is 0. The topological polar surface area (TPSA) is 44.0 Å². The average molecular weight is 313 g/mol. The number of nitrogens with zero attached hydrogens (tertiary/aromatic N) is 1. The van der Waals surface area contributed by atoms with E-state index in [0.29, 0.717) is 23.7 Å². The predicted octanol–water partition coefficient (Wildman–Crippen LogP) is 4.16. The van der Waals surface area contributed by atoms with Crippen molar-refractivity contribution in [2.24, 2.45) is 23.2 Å². The average Bonchev–Trinajstić information content (AvgIpc) is 2.82. The smallest absolute Gasteiger partial charge is 0.144 e. The van der Waals surface area contributed by atoms with Gasteiger partial charge in [0.1, 0.15) is 11.9 Å². The molecule has 2 saturated carbocycles. The van der Waals surface area contributed by atoms with Gasteiger partial charge in [-0.2, -0.15) is 5.26 Å². The lowest BCUT2D eigenvalue weighted by Gasteiger charge is -2.53. The molecule has 3 aliphatic rings. The lowest BCUT2D eigenvalue weighted by molar-refractivity contribution is -0.0443. The molecule has 0 radical (unpaired) electrons. The second-order valence-electron chi connectivity index (χ2n) is 8.22. The number of nitriles is 1. The summed E-state index contributed by atoms with van der Waals surface area (Å²) in [6.45, 7) is 4.52. The van der Waals surface area contributed by atoms with Gasteiger partial charge in [-0.1, -0.05) is 19.9 Å². The van der Waals surface area contributed by atoms with Gasteiger partial charge in [0.05, 0.1) is 11.7 Å². The van der Waals surface area contributed by atoms with E-state index in [0.717, 1.165) is 43.2 Å². The fraction of sp³-hybridized carbons (Fsp3) is 0.650. The van der Waals surface area contributed by atoms with Gasteiger partial charge in [0, 0.05) is 0 Å². The SMILES string of the molecule is C[C@H]1C[C@@]2(C)C(CC[C@@H]2O)C2CCc3c(ccc(C#N)c3F)C21. The number of hydrogen-bond donors (Lipinski definition) is 1. The third kappa shape index (κ3) is 1.94. The van der Waals surface area contributed by atoms with E-state index in [2.05, 4.69) is 13.8 Å². The van der Waals surface area contributed by atoms with Gasteiger partial charge in [-0.05, 0) is 78.4 Å². The number of rotatable bonds is 0. The normalized spacial score (nSPS) is 41.6. The zero-order valence-corrected chi connectivity index (χ0v) is 13.8. The van der Waals surface area contributed by atoms with Gasteiger partial charge in [0.2, 0.25) is 0 Å². The van der Waals surface area contributed by atoms with E-state index in [1.807, 2.05) is 12.1 Å². The molecule has 1 aromatic carbocycles. The van der Waals surface area contributed by atoms with Crippen LogP contribution in [0.3, 0.4) is 0 Å². The number of halogens is 1. The Hall–Kier alpha value is -1.40. The van der Waals surface area contributed by atoms with Crippen molar-refractivity contribution in [3.8, 4) is 6.07 Å². The van der Waals surface area contributed by atoms with E-state index in [1.165, 1.54) is 0 Å². The van der Waals surface area contributed by atoms with E-state index in [1.54, 1.807) is 6.07 Å². The van der Waals surface area contributed by atoms with Crippen molar-refractivity contribution >= 4 is 0 Å². The molecule has 6 atom stereocenters. The van der Waals surface area contributed by atoms with Crippen molar-refractivity contribution in [2.75, 3.05) is 0 Å². The van der Waals surface area contributed by atoms with Gasteiger partial charge in [-0.15, -0.1) is 0 Å². The van der Waals surface area contributed by atoms with Crippen LogP contribution in [0.4, 0.5) is 4.39 Å². The first kappa shape index (κ1) is 15.1. The molecule has 0 aromatic heterocycles. The van der Waals surface area contributed by atoms with E-state index in [-0.39, 0.29) is 22.9 Å². The van der Waals surface area contributed by atoms with Gasteiger partial charge in [-0.25, -0.2) is 4.39 Å². The first-order valence-electron chi connectivity index (χ1n) is 8.86. The van der Waals surface area contributed by atoms with Crippen molar-refractivity contribution in [3.63, 3.8) is 0 Å². The third-order valence-corrected chi connectivity index (χ3v) is 7.20. The summed E-state index contributed by atoms with van der Waals surface area (Å²) in [5.41, 5.74) is 2.11. The highest BCUT2D eigenvalue weighted by Crippen LogP contribution is 2.62. The Morgan fingerprint density at radius 2 is 2.09 bits per heavy atom. The second kappa shape index (κ2) is 5.05. The summed E-state index contributed by atoms with van der Waals surface area (Å²) < 4.78 is 14.6. The maximum atomic E-state index is 14.6. The molecule has 0 bridgehead atoms. The molecule has 4 rings (SSSR count). The van der Waals surface area contributed by atoms with E-state index >= 15 is 0 Å². The van der Waals surface area contributed by atoms with Crippen molar-refractivity contribution in [1.82, 2.24) is 0 Å². The molecule has 0 aliphatic heterocycles. The predicted molar refractivity (Wildman–Crippen MR) is 86.3 cm³/mol. The van der Waals surface area contributed by atoms with Crippen LogP contribution < -0.4 is 0 Å². The second-order valence-corrected chi connectivity index (χ2v) is 8.22. The Bertz CT molecular complexity index is 694. The van der Waals surface area contributed by atoms with Gasteiger partial charge >= 0.3 is 0 Å². The van der Waals surface area contributed by atoms with Gasteiger partial charge in [-0.3, -0.25) is 0 Å². The molecule has 1 N–H and O–H groups in total. The van der Waals surface area contributed by atoms with Crippen LogP contribution in [0.2, 0.25) is 0 Å². The van der Waals surface area contributed by atoms with Crippen LogP contribution in [0.5, 0.6) is 0 Å². The van der Waals surface area contributed by atoms with Gasteiger partial charge < -0.3 is 5.11 Å². The summed E-state index contributed by atoms with van der Waals surface area (Å²) in [6.07, 6.45) is 4.55. The molecule has 1 aromatic rings. The van der Waals surface area contributed by atoms with Crippen molar-refractivity contribution in [1.29, 1.82) is 5.26 Å². The molecule has 0 spiro atoms. The monoisotopic (exact) mass is 313 g/mol. The molecular weight excluding hydrogens is 289 g/mol. The lowest BCUT2D eigenvalue weighted by Crippen LogP contribution is -2.47. The van der Waals surface area contributed by atoms with Crippen LogP contribution in [0, 0.1) is 40.3 Å². The largest absolute Gasteiger partial charge is 0.393 e. The minimum absolute atomic E-state index is 0.0310. The maximum Gasteiger partial charge on any atom is 0.144 e. The summed E-state index contributed by atoms with van der Waals surface area (Å²) >= 11 is 0. The minimum Gasteiger partial charge on any atom is -0.393 e. The first-order valence-corrected chi connectivity index (χ1v) is 8.86. The molecule has 23 heavy (non-hydrogen) atoms. The Morgan fingerprint density at radius 3 is 2.83 bits per heavy atom. The van der Waals surface area contributed by atoms with Crippen LogP contribution in [0.25, 0.3) is 0 Å². The number of hydrogen-bond acceptors (Lipinski definition) is 2. The number of benzene rings is 1. The minimum atomic E-state index is -0.296. The van der Waals surface area contributed by atoms with Crippen LogP contribution in [-0.4, -0.2) is 11.2 Å². The molecule has 3 heteroatoms. The summed E-state index contributed by atoms with van der Waals surface area (Å²) in [5, 5.41) is 19.6. The summed E-state index contributed by atoms with van der Waals surface area (Å²) in [6, 6.07) is 5.62. The molecule has 122 valence electrons. The first-order chi connectivity index (χ1) is 11.0. The highest BCUT2D eigenvalue weighted by Gasteiger charge is 2.56. The number of fused-ring (bicyclic) bond motifs is 5. The molecular formula is C20H24FNO. The Kier molecular flexibility index (Phi) is 3.32. The Labute approximate surface area is 137 Å². The highest BCUT2D eigenvalue weighted by atomic mass is 19.1. The van der Waals surface area contributed by atoms with Crippen LogP contribution in [0.1, 0.15) is 62.1 Å². The molecule has 3 unspecified atom stereocenters. The molecule has 0 heterocycles. The quantitative estimate of drug-likeness (QED) is 0.781. The molecule has 0 saturated heterocycles. The molecule has 2 nitrogen and oxygen atoms in total. The number of aliphatic hydroxyl groups excluding tert-OH is 1. The van der Waals surface area contributed by atoms with Crippen molar-refractivity contribution in [2.45, 2.75) is 58.0 Å². The zero-order valence-electron chi connectivity index (χ0n) is 13.8. The van der Waals surface area contributed by atoms with Crippen molar-refractivity contribution < 1.29 is 9.50 Å². The third-order valence-electron chi connectivity index (χ3n) is 7.20. The van der Waals surface area contributed by atoms with Gasteiger partial charge in [0.25, 0.3) is 0 Å². The standard InChI is InChI=1S/C20H24FNO/c1-11-9-20(2)16(7-8-17(20)23)15-6-5-14-13(18(11)15)4-3-12(10-22)19(14)21/h3-4,11,15-18,23H,5-9H2,1-2H3/t11-,15?,16?,17-,18?,20-/m0/s1. The maximum absolute atomic E-state index is 14.6. The summed E-state index contributed by atoms with van der Waals surface area (Å²) in [5.74, 6) is 1.62. The molecule has 3 aliphatic carbocycles. The molecule has 0 amide bonds. The van der Waals surface area contributed by atoms with Gasteiger partial charge in [0.15, 0.2) is 0 Å². The lowest BCUT2D eigenvalue weighted by atomic mass is 9.52. The van der Waals surface area contributed by atoms with Crippen LogP contribution in [0.15, 0.2) is 12.1 Å². The molecule has 2 fully saturated rings. The number of aliphatic hydroxyl groups is 1. The summed E-state index contributed by atoms with van der Waals surface area (Å²) in [7, 11) is 0. The Morgan fingerprint density at radius 1 is 1.30 bits per heavy atom. The van der Waals surface area contributed by atoms with E-state index < -0.39 is 0 Å². The Balaban J connectivity index is 1.79. The van der Waals surface area contributed by atoms with Crippen LogP contribution in [-0.2, 0) is 6.42 Å².